The molecule has 0 fully saturated rings. The lowest BCUT2D eigenvalue weighted by molar-refractivity contribution is -0.0317. The molecule has 0 aliphatic carbocycles. The first-order valence-corrected chi connectivity index (χ1v) is 6.40. The minimum atomic E-state index is -0.0564. The highest BCUT2D eigenvalue weighted by Gasteiger charge is 2.14. The van der Waals surface area contributed by atoms with Crippen molar-refractivity contribution in [1.82, 2.24) is 4.98 Å². The van der Waals surface area contributed by atoms with Crippen molar-refractivity contribution in [2.75, 3.05) is 11.9 Å². The Morgan fingerprint density at radius 3 is 2.59 bits per heavy atom. The number of hydrogen-bond acceptors (Lipinski definition) is 3. The van der Waals surface area contributed by atoms with Gasteiger partial charge in [0.1, 0.15) is 5.82 Å². The third kappa shape index (κ3) is 5.18. The van der Waals surface area contributed by atoms with E-state index in [1.807, 2.05) is 12.3 Å². The minimum Gasteiger partial charge on any atom is -0.371 e. The van der Waals surface area contributed by atoms with Gasteiger partial charge < -0.3 is 10.1 Å². The van der Waals surface area contributed by atoms with Gasteiger partial charge in [0.05, 0.1) is 12.2 Å². The topological polar surface area (TPSA) is 34.1 Å². The summed E-state index contributed by atoms with van der Waals surface area (Å²) in [7, 11) is 0. The number of nitrogens with zero attached hydrogens (tertiary/aromatic N) is 1. The molecule has 0 unspecified atom stereocenters. The molecule has 0 aromatic carbocycles. The lowest BCUT2D eigenvalue weighted by atomic mass is 10.1. The largest absolute Gasteiger partial charge is 0.371 e. The van der Waals surface area contributed by atoms with Crippen molar-refractivity contribution < 1.29 is 4.74 Å². The van der Waals surface area contributed by atoms with Gasteiger partial charge in [-0.15, -0.1) is 0 Å². The lowest BCUT2D eigenvalue weighted by Gasteiger charge is -2.23. The number of anilines is 1. The highest BCUT2D eigenvalue weighted by Crippen LogP contribution is 2.16. The van der Waals surface area contributed by atoms with Crippen molar-refractivity contribution in [2.45, 2.75) is 52.7 Å². The number of aromatic nitrogens is 1. The van der Waals surface area contributed by atoms with Crippen LogP contribution in [0.4, 0.5) is 5.82 Å². The summed E-state index contributed by atoms with van der Waals surface area (Å²) in [6, 6.07) is 4.07. The van der Waals surface area contributed by atoms with Crippen LogP contribution >= 0.6 is 0 Å². The molecule has 0 atom stereocenters. The standard InChI is InChI=1S/C14H24N2O/c1-5-9-15-13-8-7-12(10-16-13)11-17-14(3,4)6-2/h7-8,10H,5-6,9,11H2,1-4H3,(H,15,16). The first-order chi connectivity index (χ1) is 8.07. The molecule has 3 heteroatoms. The van der Waals surface area contributed by atoms with Gasteiger partial charge in [-0.1, -0.05) is 19.9 Å². The Labute approximate surface area is 105 Å². The fraction of sp³-hybridized carbons (Fsp3) is 0.643. The molecule has 0 aliphatic heterocycles. The van der Waals surface area contributed by atoms with Crippen molar-refractivity contribution in [3.8, 4) is 0 Å². The molecule has 0 saturated heterocycles. The van der Waals surface area contributed by atoms with E-state index in [4.69, 9.17) is 4.74 Å². The Morgan fingerprint density at radius 2 is 2.06 bits per heavy atom. The fourth-order valence-electron chi connectivity index (χ4n) is 1.25. The van der Waals surface area contributed by atoms with Crippen LogP contribution in [0.3, 0.4) is 0 Å². The van der Waals surface area contributed by atoms with Crippen LogP contribution in [-0.2, 0) is 11.3 Å². The van der Waals surface area contributed by atoms with E-state index in [0.29, 0.717) is 6.61 Å². The minimum absolute atomic E-state index is 0.0564. The van der Waals surface area contributed by atoms with Crippen LogP contribution in [0.2, 0.25) is 0 Å². The molecule has 3 nitrogen and oxygen atoms in total. The second-order valence-corrected chi connectivity index (χ2v) is 4.88. The second-order valence-electron chi connectivity index (χ2n) is 4.88. The molecule has 0 amide bonds. The first-order valence-electron chi connectivity index (χ1n) is 6.40. The van der Waals surface area contributed by atoms with Crippen molar-refractivity contribution in [3.63, 3.8) is 0 Å². The summed E-state index contributed by atoms with van der Waals surface area (Å²) in [6.45, 7) is 10.1. The molecular weight excluding hydrogens is 212 g/mol. The quantitative estimate of drug-likeness (QED) is 0.785. The van der Waals surface area contributed by atoms with E-state index in [1.54, 1.807) is 0 Å². The maximum absolute atomic E-state index is 5.83. The Hall–Kier alpha value is -1.09. The number of rotatable bonds is 7. The summed E-state index contributed by atoms with van der Waals surface area (Å²) in [5.74, 6) is 0.936. The Bertz CT molecular complexity index is 319. The highest BCUT2D eigenvalue weighted by molar-refractivity contribution is 5.35. The summed E-state index contributed by atoms with van der Waals surface area (Å²) in [4.78, 5) is 4.35. The molecule has 1 aromatic rings. The van der Waals surface area contributed by atoms with E-state index in [1.165, 1.54) is 0 Å². The molecule has 1 heterocycles. The molecular formula is C14H24N2O. The van der Waals surface area contributed by atoms with Crippen LogP contribution in [-0.4, -0.2) is 17.1 Å². The molecule has 0 spiro atoms. The van der Waals surface area contributed by atoms with E-state index < -0.39 is 0 Å². The normalized spacial score (nSPS) is 11.5. The van der Waals surface area contributed by atoms with Gasteiger partial charge in [-0.2, -0.15) is 0 Å². The zero-order chi connectivity index (χ0) is 12.7. The second kappa shape index (κ2) is 6.60. The first kappa shape index (κ1) is 14.0. The van der Waals surface area contributed by atoms with Crippen LogP contribution in [0.5, 0.6) is 0 Å². The predicted octanol–water partition coefficient (Wildman–Crippen LogP) is 3.61. The molecule has 0 saturated carbocycles. The van der Waals surface area contributed by atoms with Gasteiger partial charge in [0.2, 0.25) is 0 Å². The SMILES string of the molecule is CCCNc1ccc(COC(C)(C)CC)cn1. The van der Waals surface area contributed by atoms with Crippen LogP contribution in [0, 0.1) is 0 Å². The Morgan fingerprint density at radius 1 is 1.29 bits per heavy atom. The average Bonchev–Trinajstić information content (AvgIpc) is 2.35. The van der Waals surface area contributed by atoms with E-state index in [9.17, 15) is 0 Å². The molecule has 0 radical (unpaired) electrons. The van der Waals surface area contributed by atoms with Crippen molar-refractivity contribution in [2.24, 2.45) is 0 Å². The van der Waals surface area contributed by atoms with Gasteiger partial charge in [0, 0.05) is 12.7 Å². The predicted molar refractivity (Wildman–Crippen MR) is 72.2 cm³/mol. The van der Waals surface area contributed by atoms with Crippen LogP contribution in [0.25, 0.3) is 0 Å². The third-order valence-corrected chi connectivity index (χ3v) is 2.86. The molecule has 1 N–H and O–H groups in total. The zero-order valence-corrected chi connectivity index (χ0v) is 11.4. The molecule has 1 rings (SSSR count). The smallest absolute Gasteiger partial charge is 0.125 e. The monoisotopic (exact) mass is 236 g/mol. The summed E-state index contributed by atoms with van der Waals surface area (Å²) in [5.41, 5.74) is 1.06. The van der Waals surface area contributed by atoms with Crippen LogP contribution < -0.4 is 5.32 Å². The van der Waals surface area contributed by atoms with Gasteiger partial charge in [-0.05, 0) is 38.3 Å². The maximum atomic E-state index is 5.83. The number of ether oxygens (including phenoxy) is 1. The summed E-state index contributed by atoms with van der Waals surface area (Å²) < 4.78 is 5.83. The van der Waals surface area contributed by atoms with Crippen molar-refractivity contribution in [1.29, 1.82) is 0 Å². The van der Waals surface area contributed by atoms with Crippen molar-refractivity contribution >= 4 is 5.82 Å². The van der Waals surface area contributed by atoms with E-state index in [0.717, 1.165) is 30.8 Å². The summed E-state index contributed by atoms with van der Waals surface area (Å²) in [6.07, 6.45) is 4.00. The molecule has 17 heavy (non-hydrogen) atoms. The van der Waals surface area contributed by atoms with Crippen LogP contribution in [0.15, 0.2) is 18.3 Å². The number of hydrogen-bond donors (Lipinski definition) is 1. The summed E-state index contributed by atoms with van der Waals surface area (Å²) in [5, 5.41) is 3.25. The van der Waals surface area contributed by atoms with Crippen molar-refractivity contribution in [3.05, 3.63) is 23.9 Å². The van der Waals surface area contributed by atoms with E-state index in [-0.39, 0.29) is 5.60 Å². The third-order valence-electron chi connectivity index (χ3n) is 2.86. The van der Waals surface area contributed by atoms with Crippen LogP contribution in [0.1, 0.15) is 46.1 Å². The molecule has 0 bridgehead atoms. The molecule has 0 aliphatic rings. The molecule has 96 valence electrons. The van der Waals surface area contributed by atoms with Gasteiger partial charge in [-0.25, -0.2) is 4.98 Å². The average molecular weight is 236 g/mol. The number of pyridine rings is 1. The van der Waals surface area contributed by atoms with Gasteiger partial charge >= 0.3 is 0 Å². The van der Waals surface area contributed by atoms with Gasteiger partial charge in [0.25, 0.3) is 0 Å². The fourth-order valence-corrected chi connectivity index (χ4v) is 1.25. The highest BCUT2D eigenvalue weighted by atomic mass is 16.5. The number of nitrogens with one attached hydrogen (secondary N) is 1. The Balaban J connectivity index is 2.45. The van der Waals surface area contributed by atoms with E-state index >= 15 is 0 Å². The van der Waals surface area contributed by atoms with Gasteiger partial charge in [0.15, 0.2) is 0 Å². The zero-order valence-electron chi connectivity index (χ0n) is 11.4. The summed E-state index contributed by atoms with van der Waals surface area (Å²) >= 11 is 0. The Kier molecular flexibility index (Phi) is 5.42. The lowest BCUT2D eigenvalue weighted by Crippen LogP contribution is -2.22. The molecule has 1 aromatic heterocycles. The maximum Gasteiger partial charge on any atom is 0.125 e. The van der Waals surface area contributed by atoms with E-state index in [2.05, 4.69) is 44.1 Å². The van der Waals surface area contributed by atoms with Gasteiger partial charge in [-0.3, -0.25) is 0 Å².